The van der Waals surface area contributed by atoms with Crippen molar-refractivity contribution in [1.29, 1.82) is 0 Å². The number of carbonyl (C=O) groups is 1. The molecule has 1 rings (SSSR count). The summed E-state index contributed by atoms with van der Waals surface area (Å²) < 4.78 is 4.33. The second-order valence-corrected chi connectivity index (χ2v) is 2.20. The first-order valence-corrected chi connectivity index (χ1v) is 3.15. The van der Waals surface area contributed by atoms with Gasteiger partial charge < -0.3 is 21.3 Å². The standard InChI is InChI=1S/C7H8N2O3/c8-4-1-5(9)3-6(2-4)12-7(10)11/h1-3H,8-9H2,(H,10,11). The second kappa shape index (κ2) is 3.00. The molecule has 1 aromatic carbocycles. The molecule has 64 valence electrons. The highest BCUT2D eigenvalue weighted by Crippen LogP contribution is 2.19. The number of nitrogens with two attached hydrogens (primary N) is 2. The normalized spacial score (nSPS) is 9.33. The predicted molar refractivity (Wildman–Crippen MR) is 43.9 cm³/mol. The summed E-state index contributed by atoms with van der Waals surface area (Å²) in [7, 11) is 0. The first-order chi connectivity index (χ1) is 5.58. The maximum absolute atomic E-state index is 10.1. The van der Waals surface area contributed by atoms with Crippen molar-refractivity contribution in [2.24, 2.45) is 0 Å². The minimum absolute atomic E-state index is 0.125. The van der Waals surface area contributed by atoms with Crippen LogP contribution in [0.5, 0.6) is 5.75 Å². The monoisotopic (exact) mass is 168 g/mol. The smallest absolute Gasteiger partial charge is 0.449 e. The number of ether oxygens (including phenoxy) is 1. The van der Waals surface area contributed by atoms with E-state index in [1.165, 1.54) is 18.2 Å². The van der Waals surface area contributed by atoms with E-state index < -0.39 is 6.16 Å². The summed E-state index contributed by atoms with van der Waals surface area (Å²) in [5, 5.41) is 8.24. The van der Waals surface area contributed by atoms with Gasteiger partial charge in [0.1, 0.15) is 5.75 Å². The Balaban J connectivity index is 2.93. The Kier molecular flexibility index (Phi) is 2.05. The zero-order valence-corrected chi connectivity index (χ0v) is 6.15. The summed E-state index contributed by atoms with van der Waals surface area (Å²) in [6.07, 6.45) is -1.39. The Bertz CT molecular complexity index is 291. The molecule has 5 nitrogen and oxygen atoms in total. The highest BCUT2D eigenvalue weighted by Gasteiger charge is 2.01. The Morgan fingerprint density at radius 1 is 1.25 bits per heavy atom. The first kappa shape index (κ1) is 8.19. The molecule has 0 aromatic heterocycles. The largest absolute Gasteiger partial charge is 0.511 e. The number of hydrogen-bond acceptors (Lipinski definition) is 4. The molecule has 0 aliphatic heterocycles. The molecule has 0 heterocycles. The highest BCUT2D eigenvalue weighted by molar-refractivity contribution is 5.64. The van der Waals surface area contributed by atoms with Gasteiger partial charge in [-0.3, -0.25) is 0 Å². The van der Waals surface area contributed by atoms with E-state index in [-0.39, 0.29) is 5.75 Å². The van der Waals surface area contributed by atoms with Gasteiger partial charge in [0.05, 0.1) is 0 Å². The van der Waals surface area contributed by atoms with Crippen molar-refractivity contribution in [3.63, 3.8) is 0 Å². The van der Waals surface area contributed by atoms with Crippen LogP contribution >= 0.6 is 0 Å². The van der Waals surface area contributed by atoms with Crippen molar-refractivity contribution < 1.29 is 14.6 Å². The molecule has 0 aliphatic rings. The summed E-state index contributed by atoms with van der Waals surface area (Å²) in [6.45, 7) is 0. The molecule has 0 saturated carbocycles. The lowest BCUT2D eigenvalue weighted by molar-refractivity contribution is 0.144. The van der Waals surface area contributed by atoms with E-state index in [0.717, 1.165) is 0 Å². The van der Waals surface area contributed by atoms with Crippen LogP contribution in [0.4, 0.5) is 16.2 Å². The van der Waals surface area contributed by atoms with E-state index >= 15 is 0 Å². The van der Waals surface area contributed by atoms with Crippen LogP contribution in [0, 0.1) is 0 Å². The summed E-state index contributed by atoms with van der Waals surface area (Å²) in [5.41, 5.74) is 11.5. The third kappa shape index (κ3) is 2.05. The van der Waals surface area contributed by atoms with Gasteiger partial charge in [-0.05, 0) is 6.07 Å². The van der Waals surface area contributed by atoms with E-state index in [1.807, 2.05) is 0 Å². The Morgan fingerprint density at radius 2 is 1.75 bits per heavy atom. The molecule has 1 aromatic rings. The zero-order valence-electron chi connectivity index (χ0n) is 6.15. The number of rotatable bonds is 1. The average Bonchev–Trinajstić information content (AvgIpc) is 1.81. The summed E-state index contributed by atoms with van der Waals surface area (Å²) in [6, 6.07) is 4.27. The van der Waals surface area contributed by atoms with Gasteiger partial charge in [-0.25, -0.2) is 4.79 Å². The van der Waals surface area contributed by atoms with Crippen LogP contribution in [0.1, 0.15) is 0 Å². The lowest BCUT2D eigenvalue weighted by atomic mass is 10.3. The molecule has 5 heteroatoms. The van der Waals surface area contributed by atoms with Gasteiger partial charge in [0.15, 0.2) is 0 Å². The molecular weight excluding hydrogens is 160 g/mol. The molecular formula is C7H8N2O3. The molecule has 0 atom stereocenters. The molecule has 0 amide bonds. The maximum atomic E-state index is 10.1. The zero-order chi connectivity index (χ0) is 9.14. The van der Waals surface area contributed by atoms with Crippen LogP contribution in [0.15, 0.2) is 18.2 Å². The number of hydrogen-bond donors (Lipinski definition) is 3. The van der Waals surface area contributed by atoms with Gasteiger partial charge in [0.25, 0.3) is 0 Å². The van der Waals surface area contributed by atoms with Gasteiger partial charge in [0.2, 0.25) is 0 Å². The quantitative estimate of drug-likeness (QED) is 0.329. The Labute approximate surface area is 68.5 Å². The van der Waals surface area contributed by atoms with Gasteiger partial charge in [-0.1, -0.05) is 0 Å². The summed E-state index contributed by atoms with van der Waals surface area (Å²) in [5.74, 6) is 0.125. The number of benzene rings is 1. The third-order valence-corrected chi connectivity index (χ3v) is 1.16. The number of anilines is 2. The van der Waals surface area contributed by atoms with E-state index in [0.29, 0.717) is 11.4 Å². The lowest BCUT2D eigenvalue weighted by Gasteiger charge is -2.01. The van der Waals surface area contributed by atoms with Crippen LogP contribution in [0.25, 0.3) is 0 Å². The lowest BCUT2D eigenvalue weighted by Crippen LogP contribution is -2.03. The van der Waals surface area contributed by atoms with Gasteiger partial charge in [0, 0.05) is 23.5 Å². The Morgan fingerprint density at radius 3 is 2.17 bits per heavy atom. The molecule has 0 fully saturated rings. The molecule has 0 spiro atoms. The second-order valence-electron chi connectivity index (χ2n) is 2.20. The van der Waals surface area contributed by atoms with Crippen molar-refractivity contribution in [3.05, 3.63) is 18.2 Å². The van der Waals surface area contributed by atoms with E-state index in [9.17, 15) is 4.79 Å². The molecule has 0 aliphatic carbocycles. The highest BCUT2D eigenvalue weighted by atomic mass is 16.7. The summed E-state index contributed by atoms with van der Waals surface area (Å²) in [4.78, 5) is 10.1. The fourth-order valence-corrected chi connectivity index (χ4v) is 0.806. The van der Waals surface area contributed by atoms with Crippen molar-refractivity contribution in [1.82, 2.24) is 0 Å². The fourth-order valence-electron chi connectivity index (χ4n) is 0.806. The van der Waals surface area contributed by atoms with Crippen molar-refractivity contribution in [3.8, 4) is 5.75 Å². The topological polar surface area (TPSA) is 98.6 Å². The molecule has 0 radical (unpaired) electrons. The maximum Gasteiger partial charge on any atom is 0.511 e. The SMILES string of the molecule is Nc1cc(N)cc(OC(=O)O)c1. The number of nitrogen functional groups attached to an aromatic ring is 2. The van der Waals surface area contributed by atoms with Gasteiger partial charge in [-0.15, -0.1) is 0 Å². The van der Waals surface area contributed by atoms with Crippen LogP contribution in [-0.2, 0) is 0 Å². The van der Waals surface area contributed by atoms with Gasteiger partial charge in [-0.2, -0.15) is 0 Å². The Hall–Kier alpha value is -1.91. The molecule has 12 heavy (non-hydrogen) atoms. The van der Waals surface area contributed by atoms with Crippen LogP contribution < -0.4 is 16.2 Å². The van der Waals surface area contributed by atoms with Crippen molar-refractivity contribution >= 4 is 17.5 Å². The van der Waals surface area contributed by atoms with Crippen LogP contribution in [0.3, 0.4) is 0 Å². The molecule has 0 unspecified atom stereocenters. The van der Waals surface area contributed by atoms with Gasteiger partial charge >= 0.3 is 6.16 Å². The van der Waals surface area contributed by atoms with E-state index in [2.05, 4.69) is 4.74 Å². The molecule has 0 bridgehead atoms. The number of carboxylic acid groups (broad SMARTS) is 1. The van der Waals surface area contributed by atoms with E-state index in [4.69, 9.17) is 16.6 Å². The third-order valence-electron chi connectivity index (χ3n) is 1.16. The average molecular weight is 168 g/mol. The first-order valence-electron chi connectivity index (χ1n) is 3.15. The van der Waals surface area contributed by atoms with Crippen LogP contribution in [-0.4, -0.2) is 11.3 Å². The molecule has 0 saturated heterocycles. The van der Waals surface area contributed by atoms with Crippen molar-refractivity contribution in [2.45, 2.75) is 0 Å². The minimum atomic E-state index is -1.39. The minimum Gasteiger partial charge on any atom is -0.449 e. The molecule has 5 N–H and O–H groups in total. The fraction of sp³-hybridized carbons (Fsp3) is 0. The summed E-state index contributed by atoms with van der Waals surface area (Å²) >= 11 is 0. The van der Waals surface area contributed by atoms with Crippen LogP contribution in [0.2, 0.25) is 0 Å². The predicted octanol–water partition coefficient (Wildman–Crippen LogP) is 0.908. The van der Waals surface area contributed by atoms with E-state index in [1.54, 1.807) is 0 Å². The van der Waals surface area contributed by atoms with Crippen molar-refractivity contribution in [2.75, 3.05) is 11.5 Å².